The van der Waals surface area contributed by atoms with E-state index in [1.807, 2.05) is 37.7 Å². The molecule has 0 unspecified atom stereocenters. The van der Waals surface area contributed by atoms with Crippen molar-refractivity contribution in [2.45, 2.75) is 26.1 Å². The topological polar surface area (TPSA) is 53.1 Å². The molecule has 0 saturated carbocycles. The fraction of sp³-hybridized carbons (Fsp3) is 0.462. The second-order valence-electron chi connectivity index (χ2n) is 4.84. The van der Waals surface area contributed by atoms with Crippen molar-refractivity contribution in [2.75, 3.05) is 6.54 Å². The van der Waals surface area contributed by atoms with E-state index in [0.717, 1.165) is 16.6 Å². The molecule has 0 fully saturated rings. The molecule has 92 valence electrons. The zero-order valence-electron chi connectivity index (χ0n) is 10.6. The van der Waals surface area contributed by atoms with Crippen molar-refractivity contribution in [1.29, 1.82) is 0 Å². The van der Waals surface area contributed by atoms with Crippen LogP contribution in [0.25, 0.3) is 10.9 Å². The highest BCUT2D eigenvalue weighted by molar-refractivity contribution is 5.81. The average molecular weight is 233 g/mol. The van der Waals surface area contributed by atoms with E-state index in [1.54, 1.807) is 0 Å². The van der Waals surface area contributed by atoms with E-state index in [0.29, 0.717) is 13.2 Å². The fourth-order valence-electron chi connectivity index (χ4n) is 1.72. The van der Waals surface area contributed by atoms with E-state index in [4.69, 9.17) is 10.5 Å². The van der Waals surface area contributed by atoms with Crippen LogP contribution < -0.4 is 5.73 Å². The van der Waals surface area contributed by atoms with Crippen molar-refractivity contribution in [3.8, 4) is 0 Å². The zero-order valence-corrected chi connectivity index (χ0v) is 10.6. The lowest BCUT2D eigenvalue weighted by molar-refractivity contribution is -0.0233. The molecule has 1 aromatic carbocycles. The summed E-state index contributed by atoms with van der Waals surface area (Å²) in [4.78, 5) is 0. The van der Waals surface area contributed by atoms with Gasteiger partial charge in [-0.05, 0) is 19.9 Å². The first-order valence-corrected chi connectivity index (χ1v) is 5.78. The van der Waals surface area contributed by atoms with Crippen molar-refractivity contribution in [3.05, 3.63) is 30.0 Å². The van der Waals surface area contributed by atoms with Crippen LogP contribution in [0.3, 0.4) is 0 Å². The van der Waals surface area contributed by atoms with Gasteiger partial charge >= 0.3 is 0 Å². The SMILES string of the molecule is Cn1nc(COC(C)(C)CN)c2ccccc21. The van der Waals surface area contributed by atoms with Crippen LogP contribution in [0.1, 0.15) is 19.5 Å². The van der Waals surface area contributed by atoms with Crippen LogP contribution in [-0.2, 0) is 18.4 Å². The summed E-state index contributed by atoms with van der Waals surface area (Å²) in [5.74, 6) is 0. The van der Waals surface area contributed by atoms with Crippen molar-refractivity contribution in [1.82, 2.24) is 9.78 Å². The summed E-state index contributed by atoms with van der Waals surface area (Å²) in [5, 5.41) is 5.62. The van der Waals surface area contributed by atoms with Crippen LogP contribution in [0.5, 0.6) is 0 Å². The van der Waals surface area contributed by atoms with Gasteiger partial charge in [-0.15, -0.1) is 0 Å². The molecule has 0 aliphatic carbocycles. The van der Waals surface area contributed by atoms with E-state index in [9.17, 15) is 0 Å². The molecule has 2 rings (SSSR count). The molecular weight excluding hydrogens is 214 g/mol. The summed E-state index contributed by atoms with van der Waals surface area (Å²) < 4.78 is 7.66. The number of hydrogen-bond donors (Lipinski definition) is 1. The minimum atomic E-state index is -0.307. The molecule has 0 spiro atoms. The summed E-state index contributed by atoms with van der Waals surface area (Å²) in [6.45, 7) is 4.96. The smallest absolute Gasteiger partial charge is 0.0960 e. The molecule has 0 aliphatic rings. The van der Waals surface area contributed by atoms with Gasteiger partial charge in [0.15, 0.2) is 0 Å². The molecule has 2 aromatic rings. The maximum Gasteiger partial charge on any atom is 0.0960 e. The third-order valence-electron chi connectivity index (χ3n) is 2.93. The van der Waals surface area contributed by atoms with Gasteiger partial charge in [0.25, 0.3) is 0 Å². The molecular formula is C13H19N3O. The molecule has 0 aliphatic heterocycles. The second kappa shape index (κ2) is 4.47. The number of aryl methyl sites for hydroxylation is 1. The highest BCUT2D eigenvalue weighted by atomic mass is 16.5. The second-order valence-corrected chi connectivity index (χ2v) is 4.84. The molecule has 2 N–H and O–H groups in total. The van der Waals surface area contributed by atoms with E-state index in [1.165, 1.54) is 0 Å². The normalized spacial score (nSPS) is 12.2. The molecule has 1 heterocycles. The summed E-state index contributed by atoms with van der Waals surface area (Å²) >= 11 is 0. The summed E-state index contributed by atoms with van der Waals surface area (Å²) in [6, 6.07) is 8.15. The number of para-hydroxylation sites is 1. The summed E-state index contributed by atoms with van der Waals surface area (Å²) in [7, 11) is 1.94. The number of aromatic nitrogens is 2. The number of nitrogens with zero attached hydrogens (tertiary/aromatic N) is 2. The van der Waals surface area contributed by atoms with Gasteiger partial charge in [-0.3, -0.25) is 4.68 Å². The maximum absolute atomic E-state index is 5.79. The average Bonchev–Trinajstić information content (AvgIpc) is 2.65. The lowest BCUT2D eigenvalue weighted by Crippen LogP contribution is -2.33. The van der Waals surface area contributed by atoms with Gasteiger partial charge in [0.2, 0.25) is 0 Å². The highest BCUT2D eigenvalue weighted by Crippen LogP contribution is 2.20. The zero-order chi connectivity index (χ0) is 12.5. The molecule has 4 heteroatoms. The lowest BCUT2D eigenvalue weighted by atomic mass is 10.1. The first-order valence-electron chi connectivity index (χ1n) is 5.78. The summed E-state index contributed by atoms with van der Waals surface area (Å²) in [6.07, 6.45) is 0. The maximum atomic E-state index is 5.79. The Morgan fingerprint density at radius 3 is 2.76 bits per heavy atom. The minimum absolute atomic E-state index is 0.307. The predicted octanol–water partition coefficient (Wildman–Crippen LogP) is 1.83. The van der Waals surface area contributed by atoms with Crippen LogP contribution >= 0.6 is 0 Å². The van der Waals surface area contributed by atoms with Gasteiger partial charge in [-0.1, -0.05) is 18.2 Å². The van der Waals surface area contributed by atoms with E-state index < -0.39 is 0 Å². The van der Waals surface area contributed by atoms with Crippen molar-refractivity contribution < 1.29 is 4.74 Å². The Hall–Kier alpha value is -1.39. The monoisotopic (exact) mass is 233 g/mol. The molecule has 4 nitrogen and oxygen atoms in total. The standard InChI is InChI=1S/C13H19N3O/c1-13(2,9-14)17-8-11-10-6-4-5-7-12(10)16(3)15-11/h4-7H,8-9,14H2,1-3H3. The molecule has 0 saturated heterocycles. The Labute approximate surface area is 101 Å². The molecule has 0 bridgehead atoms. The molecule has 17 heavy (non-hydrogen) atoms. The van der Waals surface area contributed by atoms with E-state index >= 15 is 0 Å². The van der Waals surface area contributed by atoms with Gasteiger partial charge in [-0.25, -0.2) is 0 Å². The van der Waals surface area contributed by atoms with E-state index in [-0.39, 0.29) is 5.60 Å². The largest absolute Gasteiger partial charge is 0.368 e. The Kier molecular flexibility index (Phi) is 3.17. The third kappa shape index (κ3) is 2.48. The van der Waals surface area contributed by atoms with E-state index in [2.05, 4.69) is 17.2 Å². The Morgan fingerprint density at radius 2 is 2.06 bits per heavy atom. The quantitative estimate of drug-likeness (QED) is 0.876. The molecule has 0 amide bonds. The first-order chi connectivity index (χ1) is 8.03. The van der Waals surface area contributed by atoms with Crippen LogP contribution in [0.2, 0.25) is 0 Å². The number of nitrogens with two attached hydrogens (primary N) is 1. The number of hydrogen-bond acceptors (Lipinski definition) is 3. The highest BCUT2D eigenvalue weighted by Gasteiger charge is 2.17. The molecule has 1 aromatic heterocycles. The molecule has 0 radical (unpaired) electrons. The predicted molar refractivity (Wildman–Crippen MR) is 68.6 cm³/mol. The first kappa shape index (κ1) is 12.1. The van der Waals surface area contributed by atoms with Crippen LogP contribution in [0, 0.1) is 0 Å². The lowest BCUT2D eigenvalue weighted by Gasteiger charge is -2.22. The molecule has 0 atom stereocenters. The fourth-order valence-corrected chi connectivity index (χ4v) is 1.72. The Balaban J connectivity index is 2.25. The Bertz CT molecular complexity index is 516. The number of ether oxygens (including phenoxy) is 1. The van der Waals surface area contributed by atoms with Gasteiger partial charge < -0.3 is 10.5 Å². The third-order valence-corrected chi connectivity index (χ3v) is 2.93. The van der Waals surface area contributed by atoms with Crippen molar-refractivity contribution >= 4 is 10.9 Å². The number of rotatable bonds is 4. The van der Waals surface area contributed by atoms with Crippen molar-refractivity contribution in [3.63, 3.8) is 0 Å². The van der Waals surface area contributed by atoms with Gasteiger partial charge in [0.1, 0.15) is 0 Å². The Morgan fingerprint density at radius 1 is 1.35 bits per heavy atom. The van der Waals surface area contributed by atoms with Crippen LogP contribution in [-0.4, -0.2) is 21.9 Å². The van der Waals surface area contributed by atoms with Crippen LogP contribution in [0.15, 0.2) is 24.3 Å². The van der Waals surface area contributed by atoms with Gasteiger partial charge in [-0.2, -0.15) is 5.10 Å². The number of fused-ring (bicyclic) bond motifs is 1. The van der Waals surface area contributed by atoms with Crippen LogP contribution in [0.4, 0.5) is 0 Å². The van der Waals surface area contributed by atoms with Crippen molar-refractivity contribution in [2.24, 2.45) is 12.8 Å². The number of benzene rings is 1. The van der Waals surface area contributed by atoms with Gasteiger partial charge in [0, 0.05) is 19.0 Å². The van der Waals surface area contributed by atoms with Gasteiger partial charge in [0.05, 0.1) is 23.4 Å². The summed E-state index contributed by atoms with van der Waals surface area (Å²) in [5.41, 5.74) is 7.42. The minimum Gasteiger partial charge on any atom is -0.368 e.